The van der Waals surface area contributed by atoms with Crippen LogP contribution in [0.25, 0.3) is 11.0 Å². The van der Waals surface area contributed by atoms with Crippen LogP contribution in [-0.2, 0) is 0 Å². The van der Waals surface area contributed by atoms with Gasteiger partial charge in [-0.05, 0) is 37.3 Å². The van der Waals surface area contributed by atoms with Crippen molar-refractivity contribution in [3.63, 3.8) is 0 Å². The van der Waals surface area contributed by atoms with E-state index in [1.807, 2.05) is 31.2 Å². The van der Waals surface area contributed by atoms with Gasteiger partial charge in [-0.1, -0.05) is 24.8 Å². The Morgan fingerprint density at radius 2 is 2.12 bits per heavy atom. The molecule has 1 unspecified atom stereocenters. The maximum Gasteiger partial charge on any atom is 0.251 e. The van der Waals surface area contributed by atoms with Crippen molar-refractivity contribution in [1.82, 2.24) is 15.3 Å². The molecule has 0 aliphatic carbocycles. The zero-order valence-corrected chi connectivity index (χ0v) is 14.8. The van der Waals surface area contributed by atoms with Crippen LogP contribution in [0.4, 0.5) is 0 Å². The summed E-state index contributed by atoms with van der Waals surface area (Å²) in [5.41, 5.74) is 2.29. The highest BCUT2D eigenvalue weighted by Gasteiger charge is 2.16. The molecule has 0 fully saturated rings. The number of benzene rings is 2. The lowest BCUT2D eigenvalue weighted by Crippen LogP contribution is -2.27. The van der Waals surface area contributed by atoms with Crippen LogP contribution in [-0.4, -0.2) is 29.6 Å². The SMILES string of the molecule is C=CCOc1ccc(C(=O)NC(C)c2nc3ccccc3[nH]2)cc1OC. The molecule has 1 heterocycles. The lowest BCUT2D eigenvalue weighted by molar-refractivity contribution is 0.0938. The number of ether oxygens (including phenoxy) is 2. The molecule has 2 N–H and O–H groups in total. The number of carbonyl (C=O) groups is 1. The molecule has 3 aromatic rings. The maximum absolute atomic E-state index is 12.6. The number of nitrogens with zero attached hydrogens (tertiary/aromatic N) is 1. The number of para-hydroxylation sites is 2. The molecule has 26 heavy (non-hydrogen) atoms. The zero-order chi connectivity index (χ0) is 18.5. The Balaban J connectivity index is 1.75. The Labute approximate surface area is 151 Å². The molecule has 1 amide bonds. The molecule has 134 valence electrons. The van der Waals surface area contributed by atoms with Gasteiger partial charge >= 0.3 is 0 Å². The van der Waals surface area contributed by atoms with E-state index in [2.05, 4.69) is 21.9 Å². The first kappa shape index (κ1) is 17.5. The molecule has 2 aromatic carbocycles. The molecule has 0 bridgehead atoms. The first-order valence-electron chi connectivity index (χ1n) is 8.29. The van der Waals surface area contributed by atoms with Crippen LogP contribution >= 0.6 is 0 Å². The van der Waals surface area contributed by atoms with Crippen molar-refractivity contribution in [2.75, 3.05) is 13.7 Å². The molecule has 0 aliphatic heterocycles. The predicted octanol–water partition coefficient (Wildman–Crippen LogP) is 3.63. The number of imidazole rings is 1. The normalized spacial score (nSPS) is 11.8. The Hall–Kier alpha value is -3.28. The topological polar surface area (TPSA) is 76.2 Å². The van der Waals surface area contributed by atoms with E-state index >= 15 is 0 Å². The summed E-state index contributed by atoms with van der Waals surface area (Å²) in [5, 5.41) is 2.94. The molecular weight excluding hydrogens is 330 g/mol. The van der Waals surface area contributed by atoms with Gasteiger partial charge in [0.05, 0.1) is 24.2 Å². The fourth-order valence-corrected chi connectivity index (χ4v) is 2.60. The summed E-state index contributed by atoms with van der Waals surface area (Å²) in [7, 11) is 1.54. The van der Waals surface area contributed by atoms with E-state index in [4.69, 9.17) is 9.47 Å². The second kappa shape index (κ2) is 7.74. The minimum Gasteiger partial charge on any atom is -0.493 e. The van der Waals surface area contributed by atoms with E-state index in [0.29, 0.717) is 29.5 Å². The number of aromatic amines is 1. The third-order valence-electron chi connectivity index (χ3n) is 3.95. The molecule has 1 atom stereocenters. The van der Waals surface area contributed by atoms with E-state index in [-0.39, 0.29) is 11.9 Å². The highest BCUT2D eigenvalue weighted by Crippen LogP contribution is 2.28. The fraction of sp³-hybridized carbons (Fsp3) is 0.200. The van der Waals surface area contributed by atoms with Gasteiger partial charge in [-0.2, -0.15) is 0 Å². The van der Waals surface area contributed by atoms with Gasteiger partial charge in [0.2, 0.25) is 0 Å². The van der Waals surface area contributed by atoms with Crippen LogP contribution < -0.4 is 14.8 Å². The zero-order valence-electron chi connectivity index (χ0n) is 14.8. The monoisotopic (exact) mass is 351 g/mol. The number of carbonyl (C=O) groups excluding carboxylic acids is 1. The Kier molecular flexibility index (Phi) is 5.22. The van der Waals surface area contributed by atoms with Gasteiger partial charge < -0.3 is 19.8 Å². The molecule has 0 aliphatic rings. The predicted molar refractivity (Wildman–Crippen MR) is 101 cm³/mol. The average molecular weight is 351 g/mol. The van der Waals surface area contributed by atoms with Crippen molar-refractivity contribution in [1.29, 1.82) is 0 Å². The largest absolute Gasteiger partial charge is 0.493 e. The molecule has 6 nitrogen and oxygen atoms in total. The van der Waals surface area contributed by atoms with Crippen LogP contribution in [0.3, 0.4) is 0 Å². The van der Waals surface area contributed by atoms with Gasteiger partial charge in [0.1, 0.15) is 12.4 Å². The summed E-state index contributed by atoms with van der Waals surface area (Å²) in [4.78, 5) is 20.3. The highest BCUT2D eigenvalue weighted by atomic mass is 16.5. The number of H-pyrrole nitrogens is 1. The first-order valence-corrected chi connectivity index (χ1v) is 8.29. The summed E-state index contributed by atoms with van der Waals surface area (Å²) < 4.78 is 10.8. The van der Waals surface area contributed by atoms with Crippen molar-refractivity contribution in [3.8, 4) is 11.5 Å². The number of aromatic nitrogens is 2. The van der Waals surface area contributed by atoms with Crippen molar-refractivity contribution in [3.05, 3.63) is 66.5 Å². The van der Waals surface area contributed by atoms with Crippen molar-refractivity contribution >= 4 is 16.9 Å². The van der Waals surface area contributed by atoms with Crippen LogP contribution in [0.5, 0.6) is 11.5 Å². The van der Waals surface area contributed by atoms with E-state index in [1.54, 1.807) is 24.3 Å². The maximum atomic E-state index is 12.6. The van der Waals surface area contributed by atoms with Gasteiger partial charge in [-0.3, -0.25) is 4.79 Å². The number of rotatable bonds is 7. The van der Waals surface area contributed by atoms with Crippen molar-refractivity contribution < 1.29 is 14.3 Å². The summed E-state index contributed by atoms with van der Waals surface area (Å²) in [6, 6.07) is 12.5. The van der Waals surface area contributed by atoms with Crippen molar-refractivity contribution in [2.45, 2.75) is 13.0 Å². The number of hydrogen-bond acceptors (Lipinski definition) is 4. The molecule has 0 saturated heterocycles. The number of nitrogens with one attached hydrogen (secondary N) is 2. The van der Waals surface area contributed by atoms with Gasteiger partial charge in [-0.25, -0.2) is 4.98 Å². The third-order valence-corrected chi connectivity index (χ3v) is 3.95. The third kappa shape index (κ3) is 3.69. The molecule has 6 heteroatoms. The Morgan fingerprint density at radius 3 is 2.85 bits per heavy atom. The van der Waals surface area contributed by atoms with Crippen LogP contribution in [0, 0.1) is 0 Å². The number of fused-ring (bicyclic) bond motifs is 1. The standard InChI is InChI=1S/C20H21N3O3/c1-4-11-26-17-10-9-14(12-18(17)25-3)20(24)21-13(2)19-22-15-7-5-6-8-16(15)23-19/h4-10,12-13H,1,11H2,2-3H3,(H,21,24)(H,22,23). The molecule has 3 rings (SSSR count). The number of methoxy groups -OCH3 is 1. The second-order valence-corrected chi connectivity index (χ2v) is 5.80. The van der Waals surface area contributed by atoms with Gasteiger partial charge in [0.15, 0.2) is 11.5 Å². The average Bonchev–Trinajstić information content (AvgIpc) is 3.10. The van der Waals surface area contributed by atoms with Crippen molar-refractivity contribution in [2.24, 2.45) is 0 Å². The number of hydrogen-bond donors (Lipinski definition) is 2. The van der Waals surface area contributed by atoms with E-state index in [0.717, 1.165) is 11.0 Å². The summed E-state index contributed by atoms with van der Waals surface area (Å²) >= 11 is 0. The van der Waals surface area contributed by atoms with E-state index in [9.17, 15) is 4.79 Å². The lowest BCUT2D eigenvalue weighted by Gasteiger charge is -2.14. The summed E-state index contributed by atoms with van der Waals surface area (Å²) in [6.07, 6.45) is 1.65. The Bertz CT molecular complexity index is 900. The molecule has 0 saturated carbocycles. The van der Waals surface area contributed by atoms with Crippen LogP contribution in [0.1, 0.15) is 29.1 Å². The van der Waals surface area contributed by atoms with Gasteiger partial charge in [0, 0.05) is 5.56 Å². The quantitative estimate of drug-likeness (QED) is 0.637. The first-order chi connectivity index (χ1) is 12.6. The molecule has 0 radical (unpaired) electrons. The van der Waals surface area contributed by atoms with Crippen LogP contribution in [0.2, 0.25) is 0 Å². The smallest absolute Gasteiger partial charge is 0.251 e. The fourth-order valence-electron chi connectivity index (χ4n) is 2.60. The Morgan fingerprint density at radius 1 is 1.31 bits per heavy atom. The van der Waals surface area contributed by atoms with Gasteiger partial charge in [-0.15, -0.1) is 0 Å². The van der Waals surface area contributed by atoms with Gasteiger partial charge in [0.25, 0.3) is 5.91 Å². The van der Waals surface area contributed by atoms with E-state index in [1.165, 1.54) is 7.11 Å². The molecule has 0 spiro atoms. The summed E-state index contributed by atoms with van der Waals surface area (Å²) in [5.74, 6) is 1.55. The summed E-state index contributed by atoms with van der Waals surface area (Å²) in [6.45, 7) is 5.86. The minimum absolute atomic E-state index is 0.216. The molecular formula is C20H21N3O3. The van der Waals surface area contributed by atoms with Crippen LogP contribution in [0.15, 0.2) is 55.1 Å². The van der Waals surface area contributed by atoms with E-state index < -0.39 is 0 Å². The number of amides is 1. The second-order valence-electron chi connectivity index (χ2n) is 5.80. The molecule has 1 aromatic heterocycles. The lowest BCUT2D eigenvalue weighted by atomic mass is 10.1. The highest BCUT2D eigenvalue weighted by molar-refractivity contribution is 5.95. The minimum atomic E-state index is -0.266.